The van der Waals surface area contributed by atoms with Gasteiger partial charge in [-0.05, 0) is 50.3 Å². The van der Waals surface area contributed by atoms with Crippen LogP contribution in [0.5, 0.6) is 0 Å². The summed E-state index contributed by atoms with van der Waals surface area (Å²) in [5, 5.41) is 15.3. The summed E-state index contributed by atoms with van der Waals surface area (Å²) in [5.74, 6) is 0.497. The number of halogens is 1. The predicted molar refractivity (Wildman–Crippen MR) is 138 cm³/mol. The Morgan fingerprint density at radius 3 is 2.61 bits per heavy atom. The van der Waals surface area contributed by atoms with Crippen molar-refractivity contribution < 1.29 is 9.18 Å². The highest BCUT2D eigenvalue weighted by atomic mass is 19.1. The van der Waals surface area contributed by atoms with E-state index >= 15 is 4.39 Å². The summed E-state index contributed by atoms with van der Waals surface area (Å²) in [5.41, 5.74) is 8.67. The van der Waals surface area contributed by atoms with Crippen LogP contribution in [0.2, 0.25) is 0 Å². The van der Waals surface area contributed by atoms with E-state index < -0.39 is 18.1 Å². The van der Waals surface area contributed by atoms with Crippen LogP contribution >= 0.6 is 0 Å². The second-order valence-electron chi connectivity index (χ2n) is 9.06. The zero-order valence-corrected chi connectivity index (χ0v) is 20.3. The first-order chi connectivity index (χ1) is 17.3. The molecule has 1 aliphatic heterocycles. The molecule has 0 saturated carbocycles. The van der Waals surface area contributed by atoms with Crippen LogP contribution in [0.15, 0.2) is 54.9 Å². The Labute approximate surface area is 209 Å². The lowest BCUT2D eigenvalue weighted by Crippen LogP contribution is -2.48. The van der Waals surface area contributed by atoms with Gasteiger partial charge in [0, 0.05) is 37.2 Å². The van der Waals surface area contributed by atoms with E-state index in [1.54, 1.807) is 18.2 Å². The lowest BCUT2D eigenvalue weighted by atomic mass is 10.0. The molecular weight excluding hydrogens is 459 g/mol. The van der Waals surface area contributed by atoms with Gasteiger partial charge in [0.1, 0.15) is 23.9 Å². The summed E-state index contributed by atoms with van der Waals surface area (Å²) in [4.78, 5) is 24.5. The minimum atomic E-state index is -1.22. The van der Waals surface area contributed by atoms with Crippen LogP contribution in [0.25, 0.3) is 0 Å². The molecule has 4 N–H and O–H groups in total. The summed E-state index contributed by atoms with van der Waals surface area (Å²) in [7, 11) is 4.03. The quantitative estimate of drug-likeness (QED) is 0.441. The highest BCUT2D eigenvalue weighted by molar-refractivity contribution is 5.98. The lowest BCUT2D eigenvalue weighted by molar-refractivity contribution is 0.100. The van der Waals surface area contributed by atoms with Crippen molar-refractivity contribution in [2.24, 2.45) is 5.73 Å². The molecule has 0 aliphatic carbocycles. The van der Waals surface area contributed by atoms with E-state index in [0.29, 0.717) is 35.9 Å². The van der Waals surface area contributed by atoms with Crippen molar-refractivity contribution in [3.8, 4) is 6.07 Å². The van der Waals surface area contributed by atoms with E-state index in [-0.39, 0.29) is 12.1 Å². The predicted octanol–water partition coefficient (Wildman–Crippen LogP) is 3.28. The molecule has 1 fully saturated rings. The Bertz CT molecular complexity index is 1240. The molecule has 3 aromatic rings. The number of carbonyl (C=O) groups excluding carboxylic acids is 1. The molecule has 1 aliphatic rings. The van der Waals surface area contributed by atoms with Crippen LogP contribution in [-0.2, 0) is 6.54 Å². The maximum absolute atomic E-state index is 15.2. The molecule has 2 atom stereocenters. The molecule has 0 spiro atoms. The van der Waals surface area contributed by atoms with Gasteiger partial charge in [-0.15, -0.1) is 0 Å². The minimum absolute atomic E-state index is 0.137. The lowest BCUT2D eigenvalue weighted by Gasteiger charge is -2.36. The number of hydrogen-bond donors (Lipinski definition) is 3. The maximum Gasteiger partial charge on any atom is 0.252 e. The van der Waals surface area contributed by atoms with E-state index in [4.69, 9.17) is 11.0 Å². The van der Waals surface area contributed by atoms with Gasteiger partial charge in [0.2, 0.25) is 0 Å². The van der Waals surface area contributed by atoms with E-state index in [1.165, 1.54) is 18.0 Å². The van der Waals surface area contributed by atoms with Crippen molar-refractivity contribution in [2.75, 3.05) is 42.7 Å². The molecule has 186 valence electrons. The van der Waals surface area contributed by atoms with Crippen molar-refractivity contribution in [2.45, 2.75) is 25.2 Å². The first-order valence-electron chi connectivity index (χ1n) is 11.6. The molecule has 0 unspecified atom stereocenters. The minimum Gasteiger partial charge on any atom is -0.378 e. The van der Waals surface area contributed by atoms with Gasteiger partial charge >= 0.3 is 0 Å². The molecule has 2 aromatic heterocycles. The molecule has 36 heavy (non-hydrogen) atoms. The van der Waals surface area contributed by atoms with Gasteiger partial charge in [-0.25, -0.2) is 14.4 Å². The summed E-state index contributed by atoms with van der Waals surface area (Å²) in [6, 6.07) is 14.6. The number of benzene rings is 1. The first-order valence-corrected chi connectivity index (χ1v) is 11.6. The molecule has 4 rings (SSSR count). The average molecular weight is 489 g/mol. The largest absolute Gasteiger partial charge is 0.378 e. The smallest absolute Gasteiger partial charge is 0.252 e. The SMILES string of the molecule is CN(C)Cc1ccc(Nc2cc(N[C@@H]3CCN(c4ccc(C#N)cn4)C[C@@H]3F)c(C(N)=O)cn2)cc1. The monoisotopic (exact) mass is 488 g/mol. The third kappa shape index (κ3) is 6.06. The summed E-state index contributed by atoms with van der Waals surface area (Å²) < 4.78 is 15.2. The Morgan fingerprint density at radius 2 is 2.00 bits per heavy atom. The van der Waals surface area contributed by atoms with Gasteiger partial charge in [-0.1, -0.05) is 12.1 Å². The van der Waals surface area contributed by atoms with E-state index in [1.807, 2.05) is 49.3 Å². The van der Waals surface area contributed by atoms with Gasteiger partial charge in [-0.3, -0.25) is 4.79 Å². The number of nitriles is 1. The van der Waals surface area contributed by atoms with Gasteiger partial charge in [0.25, 0.3) is 5.91 Å². The number of pyridine rings is 2. The van der Waals surface area contributed by atoms with Crippen LogP contribution in [0.3, 0.4) is 0 Å². The molecule has 10 heteroatoms. The van der Waals surface area contributed by atoms with Crippen LogP contribution in [0.4, 0.5) is 27.4 Å². The van der Waals surface area contributed by atoms with Gasteiger partial charge in [0.15, 0.2) is 0 Å². The first kappa shape index (κ1) is 24.9. The second-order valence-corrected chi connectivity index (χ2v) is 9.06. The summed E-state index contributed by atoms with van der Waals surface area (Å²) >= 11 is 0. The van der Waals surface area contributed by atoms with Gasteiger partial charge < -0.3 is 26.2 Å². The molecule has 3 heterocycles. The fraction of sp³-hybridized carbons (Fsp3) is 0.308. The molecule has 0 radical (unpaired) electrons. The standard InChI is InChI=1S/C26H29FN8O/c1-34(2)15-17-3-6-19(7-4-17)32-24-11-23(20(14-30-24)26(29)36)33-22-9-10-35(16-21(22)27)25-8-5-18(12-28)13-31-25/h3-8,11,13-14,21-22H,9-10,15-16H2,1-2H3,(H2,29,36)(H2,30,32,33)/t21-,22+/m0/s1. The number of carbonyl (C=O) groups is 1. The number of rotatable bonds is 8. The van der Waals surface area contributed by atoms with E-state index in [9.17, 15) is 4.79 Å². The molecule has 1 saturated heterocycles. The topological polar surface area (TPSA) is 123 Å². The average Bonchev–Trinajstić information content (AvgIpc) is 2.86. The Balaban J connectivity index is 1.45. The fourth-order valence-electron chi connectivity index (χ4n) is 4.16. The number of primary amides is 1. The number of nitrogens with zero attached hydrogens (tertiary/aromatic N) is 5. The highest BCUT2D eigenvalue weighted by Gasteiger charge is 2.30. The zero-order chi connectivity index (χ0) is 25.7. The Hall–Kier alpha value is -4.23. The van der Waals surface area contributed by atoms with Crippen LogP contribution in [-0.4, -0.2) is 60.2 Å². The number of nitrogens with one attached hydrogen (secondary N) is 2. The molecular formula is C26H29FN8O. The number of alkyl halides is 1. The molecule has 1 amide bonds. The van der Waals surface area contributed by atoms with Crippen molar-refractivity contribution in [3.63, 3.8) is 0 Å². The van der Waals surface area contributed by atoms with Crippen LogP contribution in [0, 0.1) is 11.3 Å². The summed E-state index contributed by atoms with van der Waals surface area (Å²) in [6.07, 6.45) is 2.15. The summed E-state index contributed by atoms with van der Waals surface area (Å²) in [6.45, 7) is 1.54. The fourth-order valence-corrected chi connectivity index (χ4v) is 4.16. The third-order valence-electron chi connectivity index (χ3n) is 5.98. The Kier molecular flexibility index (Phi) is 7.61. The molecule has 0 bridgehead atoms. The second kappa shape index (κ2) is 11.0. The highest BCUT2D eigenvalue weighted by Crippen LogP contribution is 2.27. The normalized spacial score (nSPS) is 17.5. The van der Waals surface area contributed by atoms with Gasteiger partial charge in [0.05, 0.1) is 29.4 Å². The third-order valence-corrected chi connectivity index (χ3v) is 5.98. The maximum atomic E-state index is 15.2. The van der Waals surface area contributed by atoms with Crippen molar-refractivity contribution in [1.29, 1.82) is 5.26 Å². The number of anilines is 4. The van der Waals surface area contributed by atoms with Crippen LogP contribution in [0.1, 0.15) is 27.9 Å². The number of hydrogen-bond acceptors (Lipinski definition) is 8. The number of aromatic nitrogens is 2. The van der Waals surface area contributed by atoms with E-state index in [2.05, 4.69) is 25.5 Å². The Morgan fingerprint density at radius 1 is 1.22 bits per heavy atom. The molecule has 1 aromatic carbocycles. The van der Waals surface area contributed by atoms with Gasteiger partial charge in [-0.2, -0.15) is 5.26 Å². The van der Waals surface area contributed by atoms with Crippen molar-refractivity contribution in [3.05, 3.63) is 71.5 Å². The van der Waals surface area contributed by atoms with E-state index in [0.717, 1.165) is 12.2 Å². The number of nitrogens with two attached hydrogens (primary N) is 1. The van der Waals surface area contributed by atoms with Crippen LogP contribution < -0.4 is 21.3 Å². The van der Waals surface area contributed by atoms with Crippen molar-refractivity contribution in [1.82, 2.24) is 14.9 Å². The zero-order valence-electron chi connectivity index (χ0n) is 20.3. The van der Waals surface area contributed by atoms with Crippen molar-refractivity contribution >= 4 is 28.9 Å². The molecule has 9 nitrogen and oxygen atoms in total. The number of amides is 1. The number of piperidine rings is 1.